The predicted molar refractivity (Wildman–Crippen MR) is 94.9 cm³/mol. The number of urea groups is 1. The molecule has 1 aromatic carbocycles. The molecule has 2 N–H and O–H groups in total. The number of hydrogen-bond acceptors (Lipinski definition) is 4. The first-order valence-corrected chi connectivity index (χ1v) is 8.12. The van der Waals surface area contributed by atoms with Crippen molar-refractivity contribution in [1.29, 1.82) is 0 Å². The van der Waals surface area contributed by atoms with Gasteiger partial charge in [0.1, 0.15) is 5.76 Å². The lowest BCUT2D eigenvalue weighted by atomic mass is 10.1. The van der Waals surface area contributed by atoms with Crippen LogP contribution in [-0.2, 0) is 6.42 Å². The molecule has 7 heteroatoms. The Kier molecular flexibility index (Phi) is 4.83. The highest BCUT2D eigenvalue weighted by Crippen LogP contribution is 2.15. The Balaban J connectivity index is 1.57. The van der Waals surface area contributed by atoms with Gasteiger partial charge in [-0.3, -0.25) is 0 Å². The van der Waals surface area contributed by atoms with Gasteiger partial charge in [-0.1, -0.05) is 23.4 Å². The molecule has 0 unspecified atom stereocenters. The van der Waals surface area contributed by atoms with Gasteiger partial charge in [0.25, 0.3) is 0 Å². The smallest absolute Gasteiger partial charge is 0.319 e. The van der Waals surface area contributed by atoms with Gasteiger partial charge in [0, 0.05) is 11.6 Å². The third kappa shape index (κ3) is 4.06. The molecule has 2 amide bonds. The van der Waals surface area contributed by atoms with Gasteiger partial charge in [0.05, 0.1) is 29.5 Å². The van der Waals surface area contributed by atoms with Crippen LogP contribution >= 0.6 is 0 Å². The molecule has 3 rings (SSSR count). The van der Waals surface area contributed by atoms with E-state index in [1.54, 1.807) is 17.1 Å². The van der Waals surface area contributed by atoms with Crippen molar-refractivity contribution in [1.82, 2.24) is 20.3 Å². The molecule has 2 heterocycles. The Morgan fingerprint density at radius 3 is 2.72 bits per heavy atom. The van der Waals surface area contributed by atoms with Crippen molar-refractivity contribution in [3.8, 4) is 5.69 Å². The van der Waals surface area contributed by atoms with Gasteiger partial charge in [0.2, 0.25) is 0 Å². The number of rotatable bonds is 5. The largest absolute Gasteiger partial charge is 0.361 e. The van der Waals surface area contributed by atoms with Crippen molar-refractivity contribution < 1.29 is 9.32 Å². The number of benzene rings is 1. The molecule has 0 aliphatic rings. The number of nitrogens with one attached hydrogen (secondary N) is 2. The number of aromatic nitrogens is 3. The molecule has 25 heavy (non-hydrogen) atoms. The standard InChI is InChI=1S/C18H21N5O2/c1-12(9-17-13(2)22-25-14(17)3)20-18(24)21-15-10-19-23(11-15)16-7-5-4-6-8-16/h4-8,10-12H,9H2,1-3H3,(H2,20,21,24)/t12-/m1/s1. The van der Waals surface area contributed by atoms with E-state index in [1.807, 2.05) is 51.1 Å². The first-order chi connectivity index (χ1) is 12.0. The van der Waals surface area contributed by atoms with Crippen LogP contribution in [0.2, 0.25) is 0 Å². The highest BCUT2D eigenvalue weighted by atomic mass is 16.5. The molecule has 0 bridgehead atoms. The number of carbonyl (C=O) groups excluding carboxylic acids is 1. The van der Waals surface area contributed by atoms with E-state index in [-0.39, 0.29) is 12.1 Å². The van der Waals surface area contributed by atoms with Crippen LogP contribution in [0, 0.1) is 13.8 Å². The zero-order chi connectivity index (χ0) is 17.8. The number of aryl methyl sites for hydroxylation is 2. The minimum Gasteiger partial charge on any atom is -0.361 e. The lowest BCUT2D eigenvalue weighted by Crippen LogP contribution is -2.37. The second-order valence-corrected chi connectivity index (χ2v) is 6.02. The second kappa shape index (κ2) is 7.21. The summed E-state index contributed by atoms with van der Waals surface area (Å²) in [7, 11) is 0. The van der Waals surface area contributed by atoms with Crippen LogP contribution in [-0.4, -0.2) is 27.0 Å². The van der Waals surface area contributed by atoms with Gasteiger partial charge < -0.3 is 15.2 Å². The van der Waals surface area contributed by atoms with Gasteiger partial charge >= 0.3 is 6.03 Å². The fourth-order valence-electron chi connectivity index (χ4n) is 2.65. The molecule has 3 aromatic rings. The van der Waals surface area contributed by atoms with Crippen LogP contribution in [0.15, 0.2) is 47.2 Å². The Hall–Kier alpha value is -3.09. The van der Waals surface area contributed by atoms with E-state index < -0.39 is 0 Å². The van der Waals surface area contributed by atoms with Gasteiger partial charge in [-0.05, 0) is 39.3 Å². The fourth-order valence-corrected chi connectivity index (χ4v) is 2.65. The van der Waals surface area contributed by atoms with E-state index in [0.29, 0.717) is 12.1 Å². The minimum absolute atomic E-state index is 0.0547. The molecule has 0 aliphatic carbocycles. The van der Waals surface area contributed by atoms with Gasteiger partial charge in [-0.15, -0.1) is 0 Å². The summed E-state index contributed by atoms with van der Waals surface area (Å²) >= 11 is 0. The third-order valence-corrected chi connectivity index (χ3v) is 3.93. The van der Waals surface area contributed by atoms with Crippen LogP contribution in [0.25, 0.3) is 5.69 Å². The van der Waals surface area contributed by atoms with Crippen molar-refractivity contribution in [2.75, 3.05) is 5.32 Å². The number of anilines is 1. The van der Waals surface area contributed by atoms with Crippen LogP contribution in [0.1, 0.15) is 23.9 Å². The lowest BCUT2D eigenvalue weighted by Gasteiger charge is -2.13. The SMILES string of the molecule is Cc1noc(C)c1C[C@@H](C)NC(=O)Nc1cnn(-c2ccccc2)c1. The van der Waals surface area contributed by atoms with Crippen LogP contribution < -0.4 is 10.6 Å². The summed E-state index contributed by atoms with van der Waals surface area (Å²) in [6.45, 7) is 5.72. The molecule has 7 nitrogen and oxygen atoms in total. The first kappa shape index (κ1) is 16.8. The fraction of sp³-hybridized carbons (Fsp3) is 0.278. The molecule has 1 atom stereocenters. The summed E-state index contributed by atoms with van der Waals surface area (Å²) in [5, 5.41) is 13.9. The summed E-state index contributed by atoms with van der Waals surface area (Å²) in [4.78, 5) is 12.2. The number of amides is 2. The molecule has 0 radical (unpaired) electrons. The second-order valence-electron chi connectivity index (χ2n) is 6.02. The maximum atomic E-state index is 12.2. The average molecular weight is 339 g/mol. The third-order valence-electron chi connectivity index (χ3n) is 3.93. The zero-order valence-electron chi connectivity index (χ0n) is 14.5. The summed E-state index contributed by atoms with van der Waals surface area (Å²) in [5.74, 6) is 0.788. The van der Waals surface area contributed by atoms with Crippen molar-refractivity contribution in [3.63, 3.8) is 0 Å². The molecule has 2 aromatic heterocycles. The van der Waals surface area contributed by atoms with E-state index in [1.165, 1.54) is 0 Å². The molecule has 130 valence electrons. The Labute approximate surface area is 146 Å². The highest BCUT2D eigenvalue weighted by Gasteiger charge is 2.15. The van der Waals surface area contributed by atoms with Crippen molar-refractivity contribution in [2.45, 2.75) is 33.2 Å². The van der Waals surface area contributed by atoms with E-state index in [2.05, 4.69) is 20.9 Å². The molecule has 0 saturated carbocycles. The molecule has 0 saturated heterocycles. The van der Waals surface area contributed by atoms with Crippen LogP contribution in [0.3, 0.4) is 0 Å². The number of nitrogens with zero attached hydrogens (tertiary/aromatic N) is 3. The highest BCUT2D eigenvalue weighted by molar-refractivity contribution is 5.89. The summed E-state index contributed by atoms with van der Waals surface area (Å²) in [5.41, 5.74) is 3.45. The van der Waals surface area contributed by atoms with Gasteiger partial charge in [0.15, 0.2) is 0 Å². The average Bonchev–Trinajstić information content (AvgIpc) is 3.17. The maximum Gasteiger partial charge on any atom is 0.319 e. The van der Waals surface area contributed by atoms with Crippen LogP contribution in [0.5, 0.6) is 0 Å². The van der Waals surface area contributed by atoms with E-state index in [0.717, 1.165) is 22.7 Å². The Morgan fingerprint density at radius 2 is 2.04 bits per heavy atom. The molecule has 0 spiro atoms. The maximum absolute atomic E-state index is 12.2. The van der Waals surface area contributed by atoms with E-state index in [9.17, 15) is 4.79 Å². The Bertz CT molecular complexity index is 834. The van der Waals surface area contributed by atoms with Crippen molar-refractivity contribution in [3.05, 3.63) is 59.7 Å². The topological polar surface area (TPSA) is 85.0 Å². The molecule has 0 fully saturated rings. The summed E-state index contributed by atoms with van der Waals surface area (Å²) in [6.07, 6.45) is 4.05. The monoisotopic (exact) mass is 339 g/mol. The minimum atomic E-state index is -0.271. The Morgan fingerprint density at radius 1 is 1.28 bits per heavy atom. The van der Waals surface area contributed by atoms with Crippen molar-refractivity contribution >= 4 is 11.7 Å². The van der Waals surface area contributed by atoms with Crippen LogP contribution in [0.4, 0.5) is 10.5 Å². The molecular weight excluding hydrogens is 318 g/mol. The van der Waals surface area contributed by atoms with Gasteiger partial charge in [-0.2, -0.15) is 5.10 Å². The van der Waals surface area contributed by atoms with Crippen molar-refractivity contribution in [2.24, 2.45) is 0 Å². The number of para-hydroxylation sites is 1. The quantitative estimate of drug-likeness (QED) is 0.747. The lowest BCUT2D eigenvalue weighted by molar-refractivity contribution is 0.249. The normalized spacial score (nSPS) is 12.0. The molecule has 0 aliphatic heterocycles. The summed E-state index contributed by atoms with van der Waals surface area (Å²) < 4.78 is 6.86. The number of carbonyl (C=O) groups is 1. The van der Waals surface area contributed by atoms with E-state index >= 15 is 0 Å². The number of hydrogen-bond donors (Lipinski definition) is 2. The van der Waals surface area contributed by atoms with E-state index in [4.69, 9.17) is 4.52 Å². The predicted octanol–water partition coefficient (Wildman–Crippen LogP) is 3.23. The van der Waals surface area contributed by atoms with Gasteiger partial charge in [-0.25, -0.2) is 9.48 Å². The first-order valence-electron chi connectivity index (χ1n) is 8.12. The zero-order valence-corrected chi connectivity index (χ0v) is 14.5. The molecular formula is C18H21N5O2. The summed E-state index contributed by atoms with van der Waals surface area (Å²) in [6, 6.07) is 9.39.